The molecular weight excluding hydrogens is 484 g/mol. The van der Waals surface area contributed by atoms with Crippen molar-refractivity contribution >= 4 is 45.2 Å². The van der Waals surface area contributed by atoms with E-state index < -0.39 is 0 Å². The average molecular weight is 513 g/mol. The summed E-state index contributed by atoms with van der Waals surface area (Å²) in [7, 11) is 0. The summed E-state index contributed by atoms with van der Waals surface area (Å²) in [6.07, 6.45) is 3.69. The highest BCUT2D eigenvalue weighted by Gasteiger charge is 2.32. The molecule has 0 saturated carbocycles. The minimum absolute atomic E-state index is 0.0471. The third kappa shape index (κ3) is 5.74. The van der Waals surface area contributed by atoms with Gasteiger partial charge in [-0.15, -0.1) is 0 Å². The number of fused-ring (bicyclic) bond motifs is 1. The predicted molar refractivity (Wildman–Crippen MR) is 132 cm³/mol. The molecule has 4 rings (SSSR count). The second-order valence-electron chi connectivity index (χ2n) is 8.68. The number of carbonyl (C=O) groups excluding carboxylic acids is 3. The first-order valence-electron chi connectivity index (χ1n) is 11.4. The average Bonchev–Trinajstić information content (AvgIpc) is 2.80. The Morgan fingerprint density at radius 3 is 2.64 bits per heavy atom. The number of amides is 4. The number of anilines is 2. The Morgan fingerprint density at radius 2 is 1.91 bits per heavy atom. The van der Waals surface area contributed by atoms with E-state index in [2.05, 4.69) is 26.6 Å². The second-order valence-corrected chi connectivity index (χ2v) is 9.53. The molecule has 2 aromatic carbocycles. The highest BCUT2D eigenvalue weighted by atomic mass is 79.9. The Kier molecular flexibility index (Phi) is 7.33. The molecule has 0 aliphatic carbocycles. The van der Waals surface area contributed by atoms with Gasteiger partial charge in [0.1, 0.15) is 0 Å². The summed E-state index contributed by atoms with van der Waals surface area (Å²) in [5, 5.41) is 5.76. The van der Waals surface area contributed by atoms with Crippen molar-refractivity contribution < 1.29 is 14.4 Å². The lowest BCUT2D eigenvalue weighted by Gasteiger charge is -2.40. The second kappa shape index (κ2) is 10.4. The quantitative estimate of drug-likeness (QED) is 0.584. The molecule has 0 unspecified atom stereocenters. The van der Waals surface area contributed by atoms with Gasteiger partial charge < -0.3 is 20.4 Å². The van der Waals surface area contributed by atoms with E-state index in [9.17, 15) is 14.4 Å². The number of halogens is 1. The number of nitrogens with one attached hydrogen (secondary N) is 2. The Labute approximate surface area is 202 Å². The molecule has 1 fully saturated rings. The number of nitrogens with zero attached hydrogens (tertiary/aromatic N) is 2. The van der Waals surface area contributed by atoms with Crippen LogP contribution in [0.2, 0.25) is 0 Å². The Bertz CT molecular complexity index is 1050. The van der Waals surface area contributed by atoms with E-state index >= 15 is 0 Å². The molecule has 2 aliphatic heterocycles. The zero-order valence-electron chi connectivity index (χ0n) is 18.8. The van der Waals surface area contributed by atoms with Gasteiger partial charge in [-0.25, -0.2) is 4.79 Å². The van der Waals surface area contributed by atoms with Crippen LogP contribution in [0.15, 0.2) is 46.9 Å². The van der Waals surface area contributed by atoms with Crippen molar-refractivity contribution in [3.05, 3.63) is 58.1 Å². The molecule has 7 nitrogen and oxygen atoms in total. The van der Waals surface area contributed by atoms with Gasteiger partial charge in [-0.3, -0.25) is 9.59 Å². The minimum atomic E-state index is -0.108. The van der Waals surface area contributed by atoms with E-state index in [0.29, 0.717) is 26.1 Å². The van der Waals surface area contributed by atoms with E-state index in [1.807, 2.05) is 52.3 Å². The highest BCUT2D eigenvalue weighted by molar-refractivity contribution is 9.10. The summed E-state index contributed by atoms with van der Waals surface area (Å²) in [6.45, 7) is 3.48. The highest BCUT2D eigenvalue weighted by Crippen LogP contribution is 2.28. The van der Waals surface area contributed by atoms with E-state index in [0.717, 1.165) is 52.7 Å². The van der Waals surface area contributed by atoms with E-state index in [4.69, 9.17) is 0 Å². The number of likely N-dealkylation sites (tertiary alicyclic amines) is 1. The molecule has 2 aliphatic rings. The maximum Gasteiger partial charge on any atom is 0.322 e. The van der Waals surface area contributed by atoms with Crippen LogP contribution in [0.4, 0.5) is 16.2 Å². The van der Waals surface area contributed by atoms with Crippen molar-refractivity contribution in [3.8, 4) is 0 Å². The summed E-state index contributed by atoms with van der Waals surface area (Å²) in [6, 6.07) is 13.9. The Balaban J connectivity index is 1.23. The van der Waals surface area contributed by atoms with Gasteiger partial charge in [-0.05, 0) is 70.9 Å². The fourth-order valence-corrected chi connectivity index (χ4v) is 5.08. The first-order chi connectivity index (χ1) is 15.9. The molecule has 0 radical (unpaired) electrons. The molecule has 2 N–H and O–H groups in total. The molecule has 0 atom stereocenters. The molecule has 0 spiro atoms. The maximum absolute atomic E-state index is 12.7. The van der Waals surface area contributed by atoms with Crippen LogP contribution in [-0.2, 0) is 22.6 Å². The van der Waals surface area contributed by atoms with Crippen molar-refractivity contribution in [1.29, 1.82) is 0 Å². The fraction of sp³-hybridized carbons (Fsp3) is 0.400. The van der Waals surface area contributed by atoms with Crippen molar-refractivity contribution in [3.63, 3.8) is 0 Å². The lowest BCUT2D eigenvalue weighted by atomic mass is 10.00. The summed E-state index contributed by atoms with van der Waals surface area (Å²) in [4.78, 5) is 40.3. The van der Waals surface area contributed by atoms with Crippen LogP contribution < -0.4 is 10.6 Å². The number of carbonyl (C=O) groups is 3. The Morgan fingerprint density at radius 1 is 1.15 bits per heavy atom. The fourth-order valence-electron chi connectivity index (χ4n) is 4.55. The van der Waals surface area contributed by atoms with Gasteiger partial charge in [0.25, 0.3) is 0 Å². The normalized spacial score (nSPS) is 16.2. The standard InChI is InChI=1S/C25H29BrN4O3/c1-17(31)27-23-10-9-18(15-21(23)26)5-4-8-24(32)29-13-11-20(12-14-29)30-16-19-6-2-3-7-22(19)28-25(30)33/h2-3,6-7,9-10,15,20H,4-5,8,11-14,16H2,1H3,(H,27,31)(H,28,33). The smallest absolute Gasteiger partial charge is 0.322 e. The van der Waals surface area contributed by atoms with Crippen LogP contribution >= 0.6 is 15.9 Å². The summed E-state index contributed by atoms with van der Waals surface area (Å²) >= 11 is 3.49. The lowest BCUT2D eigenvalue weighted by Crippen LogP contribution is -2.51. The third-order valence-corrected chi connectivity index (χ3v) is 6.97. The first-order valence-corrected chi connectivity index (χ1v) is 12.2. The maximum atomic E-state index is 12.7. The van der Waals surface area contributed by atoms with E-state index in [1.54, 1.807) is 0 Å². The van der Waals surface area contributed by atoms with E-state index in [1.165, 1.54) is 6.92 Å². The SMILES string of the molecule is CC(=O)Nc1ccc(CCCC(=O)N2CCC(N3Cc4ccccc4NC3=O)CC2)cc1Br. The van der Waals surface area contributed by atoms with Gasteiger partial charge in [0.05, 0.1) is 5.69 Å². The third-order valence-electron chi connectivity index (χ3n) is 6.32. The molecule has 2 aromatic rings. The van der Waals surface area contributed by atoms with Crippen molar-refractivity contribution in [1.82, 2.24) is 9.80 Å². The van der Waals surface area contributed by atoms with Crippen LogP contribution in [0.3, 0.4) is 0 Å². The number of para-hydroxylation sites is 1. The molecule has 174 valence electrons. The summed E-state index contributed by atoms with van der Waals surface area (Å²) in [5.41, 5.74) is 3.89. The molecule has 0 bridgehead atoms. The van der Waals surface area contributed by atoms with Gasteiger partial charge in [-0.1, -0.05) is 24.3 Å². The van der Waals surface area contributed by atoms with Gasteiger partial charge in [0.15, 0.2) is 0 Å². The van der Waals surface area contributed by atoms with Crippen molar-refractivity contribution in [2.45, 2.75) is 51.6 Å². The molecule has 8 heteroatoms. The monoisotopic (exact) mass is 512 g/mol. The molecule has 1 saturated heterocycles. The molecule has 33 heavy (non-hydrogen) atoms. The first kappa shape index (κ1) is 23.3. The number of aryl methyl sites for hydroxylation is 1. The summed E-state index contributed by atoms with van der Waals surface area (Å²) in [5.74, 6) is 0.0689. The van der Waals surface area contributed by atoms with E-state index in [-0.39, 0.29) is 23.9 Å². The van der Waals surface area contributed by atoms with Gasteiger partial charge >= 0.3 is 6.03 Å². The minimum Gasteiger partial charge on any atom is -0.343 e. The number of piperidine rings is 1. The number of hydrogen-bond acceptors (Lipinski definition) is 3. The van der Waals surface area contributed by atoms with Crippen LogP contribution in [0.5, 0.6) is 0 Å². The zero-order chi connectivity index (χ0) is 23.4. The lowest BCUT2D eigenvalue weighted by molar-refractivity contribution is -0.132. The Hall–Kier alpha value is -2.87. The van der Waals surface area contributed by atoms with Gasteiger partial charge in [-0.2, -0.15) is 0 Å². The molecule has 0 aromatic heterocycles. The molecular formula is C25H29BrN4O3. The van der Waals surface area contributed by atoms with Crippen LogP contribution in [-0.4, -0.2) is 46.8 Å². The van der Waals surface area contributed by atoms with Crippen molar-refractivity contribution in [2.24, 2.45) is 0 Å². The molecule has 4 amide bonds. The number of hydrogen-bond donors (Lipinski definition) is 2. The zero-order valence-corrected chi connectivity index (χ0v) is 20.4. The topological polar surface area (TPSA) is 81.8 Å². The van der Waals surface area contributed by atoms with Gasteiger partial charge in [0, 0.05) is 49.2 Å². The van der Waals surface area contributed by atoms with Crippen molar-refractivity contribution in [2.75, 3.05) is 23.7 Å². The number of urea groups is 1. The number of rotatable bonds is 6. The van der Waals surface area contributed by atoms with Crippen LogP contribution in [0.1, 0.15) is 43.7 Å². The summed E-state index contributed by atoms with van der Waals surface area (Å²) < 4.78 is 0.841. The van der Waals surface area contributed by atoms with Crippen LogP contribution in [0, 0.1) is 0 Å². The van der Waals surface area contributed by atoms with Gasteiger partial charge in [0.2, 0.25) is 11.8 Å². The molecule has 2 heterocycles. The number of benzene rings is 2. The predicted octanol–water partition coefficient (Wildman–Crippen LogP) is 4.77. The van der Waals surface area contributed by atoms with Crippen LogP contribution in [0.25, 0.3) is 0 Å². The largest absolute Gasteiger partial charge is 0.343 e.